The molecule has 0 aliphatic carbocycles. The van der Waals surface area contributed by atoms with Gasteiger partial charge in [0.25, 0.3) is 5.91 Å². The van der Waals surface area contributed by atoms with Gasteiger partial charge in [-0.2, -0.15) is 0 Å². The highest BCUT2D eigenvalue weighted by Gasteiger charge is 2.40. The maximum absolute atomic E-state index is 13.0. The van der Waals surface area contributed by atoms with E-state index in [0.29, 0.717) is 0 Å². The van der Waals surface area contributed by atoms with Crippen LogP contribution in [0, 0.1) is 0 Å². The zero-order valence-corrected chi connectivity index (χ0v) is 17.5. The highest BCUT2D eigenvalue weighted by Crippen LogP contribution is 2.48. The molecule has 1 atom stereocenters. The van der Waals surface area contributed by atoms with Crippen LogP contribution in [0.2, 0.25) is 0 Å². The predicted octanol–water partition coefficient (Wildman–Crippen LogP) is 5.28. The van der Waals surface area contributed by atoms with Gasteiger partial charge >= 0.3 is 0 Å². The molecule has 1 aromatic rings. The van der Waals surface area contributed by atoms with Crippen LogP contribution in [0.25, 0.3) is 0 Å². The second kappa shape index (κ2) is 7.16. The summed E-state index contributed by atoms with van der Waals surface area (Å²) in [5, 5.41) is 2.19. The largest absolute Gasteiger partial charge is 0.271 e. The van der Waals surface area contributed by atoms with Gasteiger partial charge in [0.15, 0.2) is 0 Å². The van der Waals surface area contributed by atoms with E-state index in [0.717, 1.165) is 23.6 Å². The Kier molecular flexibility index (Phi) is 5.75. The van der Waals surface area contributed by atoms with Crippen molar-refractivity contribution in [2.75, 3.05) is 6.54 Å². The molecule has 1 aromatic carbocycles. The average molecular weight is 361 g/mol. The van der Waals surface area contributed by atoms with E-state index in [4.69, 9.17) is 0 Å². The molecule has 1 heterocycles. The first-order chi connectivity index (χ1) is 11.5. The van der Waals surface area contributed by atoms with Gasteiger partial charge in [-0.3, -0.25) is 4.79 Å². The van der Waals surface area contributed by atoms with Gasteiger partial charge in [0.2, 0.25) is 0 Å². The van der Waals surface area contributed by atoms with Crippen molar-refractivity contribution in [3.63, 3.8) is 0 Å². The quantitative estimate of drug-likeness (QED) is 0.792. The number of amides is 1. The van der Waals surface area contributed by atoms with Crippen LogP contribution in [0.5, 0.6) is 0 Å². The van der Waals surface area contributed by atoms with Crippen molar-refractivity contribution in [2.45, 2.75) is 71.0 Å². The summed E-state index contributed by atoms with van der Waals surface area (Å²) in [5.41, 5.74) is 6.92. The Hall–Kier alpha value is -1.26. The van der Waals surface area contributed by atoms with Crippen molar-refractivity contribution in [3.05, 3.63) is 46.5 Å². The lowest BCUT2D eigenvalue weighted by Crippen LogP contribution is -2.39. The summed E-state index contributed by atoms with van der Waals surface area (Å²) in [7, 11) is 0. The molecule has 0 bridgehead atoms. The number of carbonyl (C=O) groups excluding carboxylic acids is 1. The van der Waals surface area contributed by atoms with Crippen molar-refractivity contribution < 1.29 is 4.79 Å². The number of hydrogen-bond acceptors (Lipinski definition) is 3. The molecule has 4 heteroatoms. The van der Waals surface area contributed by atoms with E-state index in [1.54, 1.807) is 16.8 Å². The van der Waals surface area contributed by atoms with Crippen LogP contribution in [0.1, 0.15) is 76.8 Å². The first-order valence-electron chi connectivity index (χ1n) is 9.05. The Balaban J connectivity index is 2.53. The van der Waals surface area contributed by atoms with E-state index in [9.17, 15) is 4.79 Å². The summed E-state index contributed by atoms with van der Waals surface area (Å²) < 4.78 is 0. The van der Waals surface area contributed by atoms with Gasteiger partial charge in [-0.15, -0.1) is 0 Å². The Bertz CT molecular complexity index is 667. The Morgan fingerprint density at radius 1 is 1.16 bits per heavy atom. The first kappa shape index (κ1) is 20.1. The molecule has 1 unspecified atom stereocenters. The number of nitrogens with one attached hydrogen (secondary N) is 1. The van der Waals surface area contributed by atoms with Crippen LogP contribution in [0.4, 0.5) is 0 Å². The maximum atomic E-state index is 13.0. The third-order valence-corrected chi connectivity index (χ3v) is 5.55. The molecule has 25 heavy (non-hydrogen) atoms. The number of hydrazine groups is 1. The lowest BCUT2D eigenvalue weighted by Gasteiger charge is -2.33. The molecule has 1 N–H and O–H groups in total. The fourth-order valence-corrected chi connectivity index (χ4v) is 4.38. The standard InChI is InChI=1S/C21H32N2OS/c1-9-13-22-23-14(2)25-18(19(23)24)15-11-10-12-16(20(3,4)5)17(15)21(6,7)8/h10-12,18,22H,2,9,13H2,1,3-8H3. The van der Waals surface area contributed by atoms with Crippen molar-refractivity contribution in [2.24, 2.45) is 0 Å². The molecule has 0 aromatic heterocycles. The average Bonchev–Trinajstić information content (AvgIpc) is 2.77. The Morgan fingerprint density at radius 3 is 2.32 bits per heavy atom. The molecular formula is C21H32N2OS. The molecule has 2 rings (SSSR count). The molecule has 0 spiro atoms. The van der Waals surface area contributed by atoms with E-state index in [1.165, 1.54) is 11.1 Å². The van der Waals surface area contributed by atoms with Crippen LogP contribution in [-0.4, -0.2) is 17.5 Å². The third-order valence-electron chi connectivity index (χ3n) is 4.41. The van der Waals surface area contributed by atoms with Crippen molar-refractivity contribution in [1.82, 2.24) is 10.4 Å². The summed E-state index contributed by atoms with van der Waals surface area (Å²) in [5.74, 6) is 0.0833. The summed E-state index contributed by atoms with van der Waals surface area (Å²) >= 11 is 1.55. The van der Waals surface area contributed by atoms with Crippen LogP contribution in [0.3, 0.4) is 0 Å². The topological polar surface area (TPSA) is 32.3 Å². The van der Waals surface area contributed by atoms with Gasteiger partial charge in [-0.05, 0) is 33.9 Å². The van der Waals surface area contributed by atoms with Crippen molar-refractivity contribution in [1.29, 1.82) is 0 Å². The molecule has 1 fully saturated rings. The van der Waals surface area contributed by atoms with Gasteiger partial charge < -0.3 is 0 Å². The fraction of sp³-hybridized carbons (Fsp3) is 0.571. The van der Waals surface area contributed by atoms with Crippen LogP contribution in [-0.2, 0) is 15.6 Å². The molecule has 1 saturated heterocycles. The van der Waals surface area contributed by atoms with Crippen LogP contribution in [0.15, 0.2) is 29.8 Å². The molecule has 0 radical (unpaired) electrons. The second-order valence-corrected chi connectivity index (χ2v) is 9.92. The van der Waals surface area contributed by atoms with E-state index in [-0.39, 0.29) is 22.0 Å². The second-order valence-electron chi connectivity index (χ2n) is 8.74. The first-order valence-corrected chi connectivity index (χ1v) is 9.93. The van der Waals surface area contributed by atoms with Crippen LogP contribution < -0.4 is 5.43 Å². The Labute approximate surface area is 157 Å². The summed E-state index contributed by atoms with van der Waals surface area (Å²) in [4.78, 5) is 13.0. The number of carbonyl (C=O) groups is 1. The minimum Gasteiger partial charge on any atom is -0.271 e. The van der Waals surface area contributed by atoms with E-state index in [1.807, 2.05) is 0 Å². The third kappa shape index (κ3) is 4.12. The Morgan fingerprint density at radius 2 is 1.80 bits per heavy atom. The van der Waals surface area contributed by atoms with Gasteiger partial charge in [-0.1, -0.05) is 85.0 Å². The van der Waals surface area contributed by atoms with E-state index < -0.39 is 0 Å². The molecule has 1 aliphatic rings. The number of hydrogen-bond donors (Lipinski definition) is 1. The van der Waals surface area contributed by atoms with E-state index in [2.05, 4.69) is 78.7 Å². The highest BCUT2D eigenvalue weighted by molar-refractivity contribution is 8.04. The lowest BCUT2D eigenvalue weighted by atomic mass is 9.72. The molecule has 0 saturated carbocycles. The number of rotatable bonds is 4. The molecule has 1 aliphatic heterocycles. The number of benzene rings is 1. The molecule has 138 valence electrons. The number of thioether (sulfide) groups is 1. The highest BCUT2D eigenvalue weighted by atomic mass is 32.2. The molecule has 3 nitrogen and oxygen atoms in total. The van der Waals surface area contributed by atoms with Gasteiger partial charge in [-0.25, -0.2) is 10.4 Å². The zero-order chi connectivity index (χ0) is 19.0. The summed E-state index contributed by atoms with van der Waals surface area (Å²) in [6.45, 7) is 20.3. The van der Waals surface area contributed by atoms with Gasteiger partial charge in [0, 0.05) is 6.54 Å². The van der Waals surface area contributed by atoms with Crippen LogP contribution >= 0.6 is 11.8 Å². The fourth-order valence-electron chi connectivity index (χ4n) is 3.32. The smallest absolute Gasteiger partial charge is 0.259 e. The summed E-state index contributed by atoms with van der Waals surface area (Å²) in [6, 6.07) is 6.40. The van der Waals surface area contributed by atoms with Crippen molar-refractivity contribution in [3.8, 4) is 0 Å². The minimum atomic E-state index is -0.228. The summed E-state index contributed by atoms with van der Waals surface area (Å²) in [6.07, 6.45) is 0.971. The minimum absolute atomic E-state index is 0.0299. The van der Waals surface area contributed by atoms with Crippen molar-refractivity contribution >= 4 is 17.7 Å². The number of nitrogens with zero attached hydrogens (tertiary/aromatic N) is 1. The zero-order valence-electron chi connectivity index (χ0n) is 16.7. The van der Waals surface area contributed by atoms with E-state index >= 15 is 0 Å². The monoisotopic (exact) mass is 360 g/mol. The molecule has 1 amide bonds. The maximum Gasteiger partial charge on any atom is 0.259 e. The normalized spacial score (nSPS) is 19.0. The van der Waals surface area contributed by atoms with Gasteiger partial charge in [0.1, 0.15) is 5.25 Å². The SMILES string of the molecule is C=C1SC(c2cccc(C(C)(C)C)c2C(C)(C)C)C(=O)N1NCCC. The lowest BCUT2D eigenvalue weighted by molar-refractivity contribution is -0.130. The van der Waals surface area contributed by atoms with Gasteiger partial charge in [0.05, 0.1) is 5.03 Å². The predicted molar refractivity (Wildman–Crippen MR) is 108 cm³/mol. The molecular weight excluding hydrogens is 328 g/mol.